The molecule has 2 heterocycles. The summed E-state index contributed by atoms with van der Waals surface area (Å²) in [7, 11) is 0. The fourth-order valence-corrected chi connectivity index (χ4v) is 3.80. The minimum absolute atomic E-state index is 0.0215. The monoisotopic (exact) mass is 337 g/mol. The van der Waals surface area contributed by atoms with Gasteiger partial charge in [-0.15, -0.1) is 0 Å². The molecule has 0 saturated carbocycles. The summed E-state index contributed by atoms with van der Waals surface area (Å²) < 4.78 is 11.1. The van der Waals surface area contributed by atoms with Crippen molar-refractivity contribution in [1.29, 1.82) is 0 Å². The summed E-state index contributed by atoms with van der Waals surface area (Å²) in [6, 6.07) is 13.5. The Morgan fingerprint density at radius 3 is 2.84 bits per heavy atom. The fourth-order valence-electron chi connectivity index (χ4n) is 3.80. The van der Waals surface area contributed by atoms with Crippen molar-refractivity contribution in [3.8, 4) is 5.75 Å². The predicted octanol–water partition coefficient (Wildman–Crippen LogP) is 3.49. The summed E-state index contributed by atoms with van der Waals surface area (Å²) in [5.74, 6) is 0.0929. The van der Waals surface area contributed by atoms with Gasteiger partial charge < -0.3 is 14.6 Å². The molecule has 0 bridgehead atoms. The zero-order valence-corrected chi connectivity index (χ0v) is 13.9. The number of rotatable bonds is 3. The number of carbonyl (C=O) groups excluding carboxylic acids is 1. The van der Waals surface area contributed by atoms with E-state index in [0.29, 0.717) is 6.42 Å². The number of aliphatic hydroxyl groups is 1. The van der Waals surface area contributed by atoms with Gasteiger partial charge in [-0.25, -0.2) is 4.79 Å². The number of hydrogen-bond donors (Lipinski definition) is 1. The average Bonchev–Trinajstić information content (AvgIpc) is 3.03. The highest BCUT2D eigenvalue weighted by Gasteiger charge is 2.48. The third kappa shape index (κ3) is 2.56. The Kier molecular flexibility index (Phi) is 3.92. The number of nitrogens with zero attached hydrogens (tertiary/aromatic N) is 1. The molecule has 5 heteroatoms. The average molecular weight is 337 g/mol. The lowest BCUT2D eigenvalue weighted by Crippen LogP contribution is -2.34. The third-order valence-electron chi connectivity index (χ3n) is 4.88. The lowest BCUT2D eigenvalue weighted by Gasteiger charge is -2.33. The number of benzene rings is 1. The van der Waals surface area contributed by atoms with E-state index in [1.165, 1.54) is 0 Å². The maximum absolute atomic E-state index is 12.3. The first-order valence-electron chi connectivity index (χ1n) is 8.46. The highest BCUT2D eigenvalue weighted by molar-refractivity contribution is 5.90. The van der Waals surface area contributed by atoms with Gasteiger partial charge in [0.15, 0.2) is 6.10 Å². The van der Waals surface area contributed by atoms with Gasteiger partial charge in [0.1, 0.15) is 11.5 Å². The van der Waals surface area contributed by atoms with E-state index in [0.717, 1.165) is 17.0 Å². The Labute approximate surface area is 145 Å². The van der Waals surface area contributed by atoms with Crippen LogP contribution in [0.4, 0.5) is 0 Å². The zero-order valence-electron chi connectivity index (χ0n) is 13.9. The Morgan fingerprint density at radius 1 is 1.28 bits per heavy atom. The van der Waals surface area contributed by atoms with E-state index >= 15 is 0 Å². The number of esters is 1. The number of pyridine rings is 1. The van der Waals surface area contributed by atoms with Crippen LogP contribution in [0.3, 0.4) is 0 Å². The molecule has 1 aliphatic heterocycles. The second-order valence-corrected chi connectivity index (χ2v) is 6.25. The van der Waals surface area contributed by atoms with Gasteiger partial charge in [-0.3, -0.25) is 4.98 Å². The maximum atomic E-state index is 12.3. The normalized spacial score (nSPS) is 24.3. The highest BCUT2D eigenvalue weighted by Crippen LogP contribution is 2.53. The van der Waals surface area contributed by atoms with Crippen molar-refractivity contribution < 1.29 is 19.4 Å². The van der Waals surface area contributed by atoms with Crippen LogP contribution < -0.4 is 4.74 Å². The van der Waals surface area contributed by atoms with Crippen LogP contribution in [0.25, 0.3) is 0 Å². The van der Waals surface area contributed by atoms with Crippen LogP contribution in [0, 0.1) is 0 Å². The van der Waals surface area contributed by atoms with E-state index in [-0.39, 0.29) is 29.8 Å². The molecule has 3 atom stereocenters. The van der Waals surface area contributed by atoms with Crippen molar-refractivity contribution in [2.45, 2.75) is 31.3 Å². The SMILES string of the molecule is CCOC(=O)C1=C(O)[C@H]2Oc3ccccc3[C@H]2[C@H](c2ccccn2)C1. The van der Waals surface area contributed by atoms with Gasteiger partial charge in [0, 0.05) is 29.3 Å². The summed E-state index contributed by atoms with van der Waals surface area (Å²) in [5, 5.41) is 10.7. The molecule has 0 amide bonds. The molecule has 128 valence electrons. The molecule has 25 heavy (non-hydrogen) atoms. The van der Waals surface area contributed by atoms with E-state index in [1.54, 1.807) is 13.1 Å². The summed E-state index contributed by atoms with van der Waals surface area (Å²) in [4.78, 5) is 16.8. The molecule has 4 rings (SSSR count). The van der Waals surface area contributed by atoms with Crippen molar-refractivity contribution in [2.75, 3.05) is 6.61 Å². The maximum Gasteiger partial charge on any atom is 0.337 e. The molecular weight excluding hydrogens is 318 g/mol. The van der Waals surface area contributed by atoms with Crippen LogP contribution in [-0.4, -0.2) is 28.8 Å². The Morgan fingerprint density at radius 2 is 2.08 bits per heavy atom. The van der Waals surface area contributed by atoms with E-state index in [2.05, 4.69) is 4.98 Å². The summed E-state index contributed by atoms with van der Waals surface area (Å²) >= 11 is 0. The van der Waals surface area contributed by atoms with Crippen LogP contribution in [0.2, 0.25) is 0 Å². The van der Waals surface area contributed by atoms with Crippen LogP contribution >= 0.6 is 0 Å². The van der Waals surface area contributed by atoms with Gasteiger partial charge in [-0.2, -0.15) is 0 Å². The number of para-hydroxylation sites is 1. The molecule has 0 saturated heterocycles. The molecule has 1 N–H and O–H groups in total. The number of fused-ring (bicyclic) bond motifs is 3. The topological polar surface area (TPSA) is 68.7 Å². The number of carbonyl (C=O) groups is 1. The molecule has 5 nitrogen and oxygen atoms in total. The molecule has 0 fully saturated rings. The largest absolute Gasteiger partial charge is 0.508 e. The van der Waals surface area contributed by atoms with Crippen LogP contribution in [0.15, 0.2) is 60.0 Å². The molecule has 1 aliphatic carbocycles. The molecule has 0 unspecified atom stereocenters. The van der Waals surface area contributed by atoms with Crippen molar-refractivity contribution >= 4 is 5.97 Å². The van der Waals surface area contributed by atoms with Crippen LogP contribution in [0.1, 0.15) is 36.4 Å². The Balaban J connectivity index is 1.82. The molecular formula is C20H19NO4. The molecule has 0 radical (unpaired) electrons. The smallest absolute Gasteiger partial charge is 0.337 e. The summed E-state index contributed by atoms with van der Waals surface area (Å²) in [5.41, 5.74) is 2.20. The van der Waals surface area contributed by atoms with E-state index in [1.807, 2.05) is 42.5 Å². The molecule has 2 aliphatic rings. The van der Waals surface area contributed by atoms with Gasteiger partial charge in [0.25, 0.3) is 0 Å². The Hall–Kier alpha value is -2.82. The van der Waals surface area contributed by atoms with Crippen LogP contribution in [-0.2, 0) is 9.53 Å². The Bertz CT molecular complexity index is 831. The summed E-state index contributed by atoms with van der Waals surface area (Å²) in [6.45, 7) is 2.01. The van der Waals surface area contributed by atoms with Crippen molar-refractivity contribution in [3.63, 3.8) is 0 Å². The van der Waals surface area contributed by atoms with E-state index in [4.69, 9.17) is 9.47 Å². The summed E-state index contributed by atoms with van der Waals surface area (Å²) in [6.07, 6.45) is 1.53. The molecule has 0 spiro atoms. The van der Waals surface area contributed by atoms with Gasteiger partial charge in [-0.1, -0.05) is 24.3 Å². The van der Waals surface area contributed by atoms with E-state index < -0.39 is 12.1 Å². The zero-order chi connectivity index (χ0) is 17.4. The standard InChI is InChI=1S/C20H19NO4/c1-2-24-20(23)14-11-13(15-8-5-6-10-21-15)17-12-7-3-4-9-16(12)25-19(17)18(14)22/h3-10,13,17,19,22H,2,11H2,1H3/t13-,17-,19-/m0/s1. The van der Waals surface area contributed by atoms with Crippen LogP contribution in [0.5, 0.6) is 5.75 Å². The van der Waals surface area contributed by atoms with E-state index in [9.17, 15) is 9.90 Å². The van der Waals surface area contributed by atoms with Crippen molar-refractivity contribution in [1.82, 2.24) is 4.98 Å². The van der Waals surface area contributed by atoms with Gasteiger partial charge in [0.05, 0.1) is 12.2 Å². The number of ether oxygens (including phenoxy) is 2. The van der Waals surface area contributed by atoms with Gasteiger partial charge in [0.2, 0.25) is 0 Å². The lowest BCUT2D eigenvalue weighted by atomic mass is 9.72. The number of aliphatic hydroxyl groups excluding tert-OH is 1. The molecule has 2 aromatic rings. The second kappa shape index (κ2) is 6.24. The minimum atomic E-state index is -0.586. The first-order valence-corrected chi connectivity index (χ1v) is 8.46. The minimum Gasteiger partial charge on any atom is -0.508 e. The van der Waals surface area contributed by atoms with Crippen molar-refractivity contribution in [2.24, 2.45) is 0 Å². The number of aromatic nitrogens is 1. The first-order chi connectivity index (χ1) is 12.2. The van der Waals surface area contributed by atoms with Gasteiger partial charge >= 0.3 is 5.97 Å². The molecule has 1 aromatic carbocycles. The highest BCUT2D eigenvalue weighted by atomic mass is 16.5. The molecule has 1 aromatic heterocycles. The first kappa shape index (κ1) is 15.7. The fraction of sp³-hybridized carbons (Fsp3) is 0.300. The van der Waals surface area contributed by atoms with Gasteiger partial charge in [-0.05, 0) is 31.5 Å². The lowest BCUT2D eigenvalue weighted by molar-refractivity contribution is -0.139. The number of hydrogen-bond acceptors (Lipinski definition) is 5. The predicted molar refractivity (Wildman–Crippen MR) is 91.5 cm³/mol. The van der Waals surface area contributed by atoms with Crippen molar-refractivity contribution in [3.05, 3.63) is 71.3 Å². The third-order valence-corrected chi connectivity index (χ3v) is 4.88. The second-order valence-electron chi connectivity index (χ2n) is 6.25. The quantitative estimate of drug-likeness (QED) is 0.868.